The monoisotopic (exact) mass is 433 g/mol. The van der Waals surface area contributed by atoms with Crippen LogP contribution in [0.4, 0.5) is 5.69 Å². The highest BCUT2D eigenvalue weighted by Gasteiger charge is 2.42. The van der Waals surface area contributed by atoms with Gasteiger partial charge in [0, 0.05) is 30.6 Å². The molecule has 5 nitrogen and oxygen atoms in total. The molecule has 5 heteroatoms. The van der Waals surface area contributed by atoms with E-state index in [-0.39, 0.29) is 25.0 Å². The third-order valence-corrected chi connectivity index (χ3v) is 6.48. The molecule has 1 aliphatic carbocycles. The topological polar surface area (TPSA) is 55.8 Å². The molecule has 0 unspecified atom stereocenters. The van der Waals surface area contributed by atoms with E-state index in [1.54, 1.807) is 13.8 Å². The third kappa shape index (κ3) is 4.57. The molecule has 0 bridgehead atoms. The second-order valence-corrected chi connectivity index (χ2v) is 8.46. The lowest BCUT2D eigenvalue weighted by Gasteiger charge is -2.43. The normalized spacial score (nSPS) is 21.6. The van der Waals surface area contributed by atoms with Crippen molar-refractivity contribution in [1.82, 2.24) is 0 Å². The Morgan fingerprint density at radius 3 is 2.28 bits per heavy atom. The van der Waals surface area contributed by atoms with Crippen molar-refractivity contribution in [2.75, 3.05) is 24.7 Å². The summed E-state index contributed by atoms with van der Waals surface area (Å²) in [4.78, 5) is 27.7. The summed E-state index contributed by atoms with van der Waals surface area (Å²) >= 11 is 0. The van der Waals surface area contributed by atoms with Gasteiger partial charge in [0.2, 0.25) is 0 Å². The molecule has 0 spiro atoms. The largest absolute Gasteiger partial charge is 0.465 e. The standard InChI is InChI=1S/C27H31NO4/c1-3-31-26(29)25(27(30)32-4-2)20-14-15-21-18-28(17-19-10-6-5-7-11-19)24-13-9-8-12-22(24)23(21)16-20/h5-15,20-21,23,25H,3-4,16-18H2,1-2H3/t20-,21+,23+/m0/s1. The van der Waals surface area contributed by atoms with Gasteiger partial charge in [0.15, 0.2) is 5.92 Å². The van der Waals surface area contributed by atoms with Crippen molar-refractivity contribution >= 4 is 17.6 Å². The van der Waals surface area contributed by atoms with Crippen molar-refractivity contribution in [3.8, 4) is 0 Å². The Morgan fingerprint density at radius 1 is 0.938 bits per heavy atom. The molecule has 2 aromatic rings. The van der Waals surface area contributed by atoms with Crippen LogP contribution in [0.1, 0.15) is 37.3 Å². The van der Waals surface area contributed by atoms with Gasteiger partial charge >= 0.3 is 11.9 Å². The fourth-order valence-corrected chi connectivity index (χ4v) is 5.06. The lowest BCUT2D eigenvalue weighted by molar-refractivity contribution is -0.163. The van der Waals surface area contributed by atoms with Crippen molar-refractivity contribution in [2.24, 2.45) is 17.8 Å². The van der Waals surface area contributed by atoms with E-state index in [0.29, 0.717) is 5.92 Å². The number of allylic oxidation sites excluding steroid dienone is 1. The molecule has 0 saturated heterocycles. The quantitative estimate of drug-likeness (QED) is 0.359. The van der Waals surface area contributed by atoms with E-state index in [1.807, 2.05) is 12.1 Å². The summed E-state index contributed by atoms with van der Waals surface area (Å²) in [6.45, 7) is 5.76. The summed E-state index contributed by atoms with van der Waals surface area (Å²) < 4.78 is 10.5. The Labute approximate surface area is 190 Å². The highest BCUT2D eigenvalue weighted by molar-refractivity contribution is 5.95. The summed E-state index contributed by atoms with van der Waals surface area (Å²) in [7, 11) is 0. The Hall–Kier alpha value is -3.08. The maximum Gasteiger partial charge on any atom is 0.320 e. The first kappa shape index (κ1) is 22.1. The van der Waals surface area contributed by atoms with Crippen LogP contribution in [-0.4, -0.2) is 31.7 Å². The molecule has 168 valence electrons. The van der Waals surface area contributed by atoms with Crippen LogP contribution in [0.3, 0.4) is 0 Å². The molecule has 1 aliphatic heterocycles. The second kappa shape index (κ2) is 10.0. The SMILES string of the molecule is CCOC(=O)C(C(=O)OCC)[C@H]1C=C[C@@H]2CN(Cc3ccccc3)c3ccccc3[C@@H]2C1. The van der Waals surface area contributed by atoms with Gasteiger partial charge in [0.1, 0.15) is 0 Å². The fourth-order valence-electron chi connectivity index (χ4n) is 5.06. The van der Waals surface area contributed by atoms with Crippen LogP contribution in [0.25, 0.3) is 0 Å². The number of esters is 2. The minimum absolute atomic E-state index is 0.233. The molecule has 1 heterocycles. The molecule has 0 fully saturated rings. The van der Waals surface area contributed by atoms with Crippen molar-refractivity contribution < 1.29 is 19.1 Å². The molecule has 0 saturated carbocycles. The van der Waals surface area contributed by atoms with Gasteiger partial charge < -0.3 is 14.4 Å². The number of hydrogen-bond donors (Lipinski definition) is 0. The van der Waals surface area contributed by atoms with Crippen LogP contribution in [0.5, 0.6) is 0 Å². The van der Waals surface area contributed by atoms with Gasteiger partial charge in [0.25, 0.3) is 0 Å². The number of para-hydroxylation sites is 1. The number of benzene rings is 2. The Morgan fingerprint density at radius 2 is 1.59 bits per heavy atom. The molecule has 0 N–H and O–H groups in total. The predicted octanol–water partition coefficient (Wildman–Crippen LogP) is 4.73. The molecular formula is C27H31NO4. The van der Waals surface area contributed by atoms with E-state index < -0.39 is 17.9 Å². The Kier molecular flexibility index (Phi) is 6.93. The zero-order valence-electron chi connectivity index (χ0n) is 18.8. The van der Waals surface area contributed by atoms with E-state index in [0.717, 1.165) is 19.5 Å². The number of rotatable bonds is 7. The smallest absolute Gasteiger partial charge is 0.320 e. The first-order chi connectivity index (χ1) is 15.6. The zero-order chi connectivity index (χ0) is 22.5. The highest BCUT2D eigenvalue weighted by Crippen LogP contribution is 2.47. The minimum atomic E-state index is -0.915. The van der Waals surface area contributed by atoms with Crippen molar-refractivity contribution in [3.63, 3.8) is 0 Å². The van der Waals surface area contributed by atoms with Gasteiger partial charge in [-0.1, -0.05) is 60.7 Å². The number of hydrogen-bond acceptors (Lipinski definition) is 5. The van der Waals surface area contributed by atoms with E-state index >= 15 is 0 Å². The van der Waals surface area contributed by atoms with Crippen LogP contribution in [0, 0.1) is 17.8 Å². The number of nitrogens with zero attached hydrogens (tertiary/aromatic N) is 1. The van der Waals surface area contributed by atoms with Crippen LogP contribution in [0.15, 0.2) is 66.7 Å². The average molecular weight is 434 g/mol. The molecule has 2 aromatic carbocycles. The van der Waals surface area contributed by atoms with E-state index in [4.69, 9.17) is 9.47 Å². The lowest BCUT2D eigenvalue weighted by Crippen LogP contribution is -2.41. The maximum absolute atomic E-state index is 12.7. The molecule has 0 amide bonds. The summed E-state index contributed by atoms with van der Waals surface area (Å²) in [5.74, 6) is -1.55. The van der Waals surface area contributed by atoms with Crippen LogP contribution >= 0.6 is 0 Å². The molecule has 4 rings (SSSR count). The van der Waals surface area contributed by atoms with E-state index in [2.05, 4.69) is 59.5 Å². The molecule has 0 aromatic heterocycles. The number of anilines is 1. The highest BCUT2D eigenvalue weighted by atomic mass is 16.6. The Bertz CT molecular complexity index is 953. The van der Waals surface area contributed by atoms with Crippen molar-refractivity contribution in [2.45, 2.75) is 32.7 Å². The molecule has 2 aliphatic rings. The van der Waals surface area contributed by atoms with Crippen molar-refractivity contribution in [3.05, 3.63) is 77.9 Å². The van der Waals surface area contributed by atoms with Crippen LogP contribution in [-0.2, 0) is 25.6 Å². The summed E-state index contributed by atoms with van der Waals surface area (Å²) in [6.07, 6.45) is 4.95. The number of carbonyl (C=O) groups excluding carboxylic acids is 2. The van der Waals surface area contributed by atoms with Crippen molar-refractivity contribution in [1.29, 1.82) is 0 Å². The fraction of sp³-hybridized carbons (Fsp3) is 0.407. The lowest BCUT2D eigenvalue weighted by atomic mass is 9.69. The zero-order valence-corrected chi connectivity index (χ0v) is 18.8. The summed E-state index contributed by atoms with van der Waals surface area (Å²) in [5.41, 5.74) is 3.79. The number of carbonyl (C=O) groups is 2. The molecule has 0 radical (unpaired) electrons. The van der Waals surface area contributed by atoms with Gasteiger partial charge in [-0.25, -0.2) is 0 Å². The van der Waals surface area contributed by atoms with Gasteiger partial charge in [0.05, 0.1) is 13.2 Å². The Balaban J connectivity index is 1.61. The molecule has 3 atom stereocenters. The average Bonchev–Trinajstić information content (AvgIpc) is 2.81. The van der Waals surface area contributed by atoms with Gasteiger partial charge in [-0.05, 0) is 43.4 Å². The second-order valence-electron chi connectivity index (χ2n) is 8.46. The first-order valence-corrected chi connectivity index (χ1v) is 11.5. The van der Waals surface area contributed by atoms with Crippen LogP contribution < -0.4 is 4.90 Å². The first-order valence-electron chi connectivity index (χ1n) is 11.5. The summed E-state index contributed by atoms with van der Waals surface area (Å²) in [5, 5.41) is 0. The minimum Gasteiger partial charge on any atom is -0.465 e. The van der Waals surface area contributed by atoms with E-state index in [9.17, 15) is 9.59 Å². The maximum atomic E-state index is 12.7. The number of fused-ring (bicyclic) bond motifs is 3. The van der Waals surface area contributed by atoms with Gasteiger partial charge in [-0.2, -0.15) is 0 Å². The molecular weight excluding hydrogens is 402 g/mol. The van der Waals surface area contributed by atoms with Gasteiger partial charge in [-0.3, -0.25) is 9.59 Å². The molecule has 32 heavy (non-hydrogen) atoms. The summed E-state index contributed by atoms with van der Waals surface area (Å²) in [6, 6.07) is 19.0. The van der Waals surface area contributed by atoms with Crippen LogP contribution in [0.2, 0.25) is 0 Å². The van der Waals surface area contributed by atoms with E-state index in [1.165, 1.54) is 16.8 Å². The third-order valence-electron chi connectivity index (χ3n) is 6.48. The predicted molar refractivity (Wildman–Crippen MR) is 124 cm³/mol. The number of ether oxygens (including phenoxy) is 2. The van der Waals surface area contributed by atoms with Gasteiger partial charge in [-0.15, -0.1) is 0 Å².